The van der Waals surface area contributed by atoms with Gasteiger partial charge in [-0.05, 0) is 51.0 Å². The highest BCUT2D eigenvalue weighted by atomic mass is 19.4. The third kappa shape index (κ3) is 6.93. The summed E-state index contributed by atoms with van der Waals surface area (Å²) in [7, 11) is 0. The van der Waals surface area contributed by atoms with Crippen molar-refractivity contribution in [1.82, 2.24) is 15.5 Å². The summed E-state index contributed by atoms with van der Waals surface area (Å²) in [4.78, 5) is 33.4. The Labute approximate surface area is 199 Å². The van der Waals surface area contributed by atoms with Gasteiger partial charge in [-0.3, -0.25) is 4.79 Å². The maximum atomic E-state index is 12.6. The topological polar surface area (TPSA) is 128 Å². The summed E-state index contributed by atoms with van der Waals surface area (Å²) in [5, 5.41) is 12.7. The van der Waals surface area contributed by atoms with Gasteiger partial charge in [0.25, 0.3) is 5.91 Å². The maximum Gasteiger partial charge on any atom is 0.471 e. The molecule has 2 heterocycles. The van der Waals surface area contributed by atoms with Crippen molar-refractivity contribution >= 4 is 23.4 Å². The van der Waals surface area contributed by atoms with Crippen LogP contribution in [-0.4, -0.2) is 45.6 Å². The van der Waals surface area contributed by atoms with Gasteiger partial charge in [0.05, 0.1) is 11.8 Å². The number of aromatic nitrogens is 2. The van der Waals surface area contributed by atoms with Crippen LogP contribution >= 0.6 is 0 Å². The van der Waals surface area contributed by atoms with E-state index in [0.29, 0.717) is 11.4 Å². The summed E-state index contributed by atoms with van der Waals surface area (Å²) < 4.78 is 47.4. The standard InChI is InChI=1S/C22H26F3N5O5/c1-11(2)16(27-20(32)33-21(3,4)5)14-10-15(34-29-14)18(31)26-13-8-6-12(7-9-13)17-28-19(35-30-17)22(23,24)25/h6-9,11,15-16H,10H2,1-5H3,(H,26,31)(H,27,32). The second kappa shape index (κ2) is 9.92. The van der Waals surface area contributed by atoms with Crippen molar-refractivity contribution in [3.05, 3.63) is 30.2 Å². The van der Waals surface area contributed by atoms with Gasteiger partial charge >= 0.3 is 18.2 Å². The Morgan fingerprint density at radius 3 is 2.34 bits per heavy atom. The first-order valence-electron chi connectivity index (χ1n) is 10.8. The lowest BCUT2D eigenvalue weighted by atomic mass is 9.96. The van der Waals surface area contributed by atoms with Crippen molar-refractivity contribution < 1.29 is 36.9 Å². The van der Waals surface area contributed by atoms with Crippen molar-refractivity contribution in [2.24, 2.45) is 11.1 Å². The largest absolute Gasteiger partial charge is 0.471 e. The summed E-state index contributed by atoms with van der Waals surface area (Å²) >= 11 is 0. The fourth-order valence-corrected chi connectivity index (χ4v) is 3.17. The predicted octanol–water partition coefficient (Wildman–Crippen LogP) is 4.39. The molecule has 1 aromatic heterocycles. The van der Waals surface area contributed by atoms with E-state index in [9.17, 15) is 22.8 Å². The van der Waals surface area contributed by atoms with Gasteiger partial charge in [-0.2, -0.15) is 18.2 Å². The first kappa shape index (κ1) is 26.0. The lowest BCUT2D eigenvalue weighted by Gasteiger charge is -2.25. The molecule has 190 valence electrons. The zero-order valence-corrected chi connectivity index (χ0v) is 19.8. The number of carbonyl (C=O) groups is 2. The smallest absolute Gasteiger partial charge is 0.444 e. The van der Waals surface area contributed by atoms with Crippen LogP contribution in [0.2, 0.25) is 0 Å². The van der Waals surface area contributed by atoms with Crippen molar-refractivity contribution in [2.75, 3.05) is 5.32 Å². The number of amides is 2. The molecule has 1 aromatic carbocycles. The van der Waals surface area contributed by atoms with Crippen LogP contribution in [0.4, 0.5) is 23.7 Å². The highest BCUT2D eigenvalue weighted by molar-refractivity contribution is 6.01. The molecule has 2 atom stereocenters. The molecule has 0 aliphatic carbocycles. The molecule has 10 nitrogen and oxygen atoms in total. The van der Waals surface area contributed by atoms with Crippen molar-refractivity contribution in [2.45, 2.75) is 65.0 Å². The second-order valence-corrected chi connectivity index (χ2v) is 9.24. The van der Waals surface area contributed by atoms with E-state index in [-0.39, 0.29) is 23.7 Å². The number of halogens is 3. The van der Waals surface area contributed by atoms with Crippen LogP contribution in [-0.2, 0) is 20.5 Å². The van der Waals surface area contributed by atoms with Crippen molar-refractivity contribution in [3.8, 4) is 11.4 Å². The normalized spacial score (nSPS) is 16.9. The summed E-state index contributed by atoms with van der Waals surface area (Å²) in [5.41, 5.74) is 0.488. The quantitative estimate of drug-likeness (QED) is 0.606. The zero-order valence-electron chi connectivity index (χ0n) is 19.8. The molecular weight excluding hydrogens is 471 g/mol. The highest BCUT2D eigenvalue weighted by Crippen LogP contribution is 2.29. The Kier molecular flexibility index (Phi) is 7.36. The van der Waals surface area contributed by atoms with Gasteiger partial charge in [0, 0.05) is 17.7 Å². The molecule has 0 bridgehead atoms. The number of nitrogens with one attached hydrogen (secondary N) is 2. The molecule has 2 aromatic rings. The summed E-state index contributed by atoms with van der Waals surface area (Å²) in [5.74, 6) is -2.19. The number of alkyl halides is 3. The molecule has 13 heteroatoms. The van der Waals surface area contributed by atoms with Gasteiger partial charge in [0.15, 0.2) is 0 Å². The van der Waals surface area contributed by atoms with E-state index < -0.39 is 41.8 Å². The number of carbonyl (C=O) groups excluding carboxylic acids is 2. The molecule has 0 spiro atoms. The number of nitrogens with zero attached hydrogens (tertiary/aromatic N) is 3. The molecule has 1 aliphatic rings. The first-order valence-corrected chi connectivity index (χ1v) is 10.8. The van der Waals surface area contributed by atoms with E-state index in [2.05, 4.69) is 30.5 Å². The van der Waals surface area contributed by atoms with Crippen LogP contribution in [0.3, 0.4) is 0 Å². The van der Waals surface area contributed by atoms with Gasteiger partial charge < -0.3 is 24.7 Å². The molecule has 1 aliphatic heterocycles. The number of hydrogen-bond acceptors (Lipinski definition) is 8. The van der Waals surface area contributed by atoms with Crippen LogP contribution in [0.15, 0.2) is 33.9 Å². The van der Waals surface area contributed by atoms with Crippen LogP contribution in [0.25, 0.3) is 11.4 Å². The van der Waals surface area contributed by atoms with Crippen LogP contribution < -0.4 is 10.6 Å². The molecule has 35 heavy (non-hydrogen) atoms. The molecule has 2 unspecified atom stereocenters. The van der Waals surface area contributed by atoms with E-state index >= 15 is 0 Å². The number of alkyl carbamates (subject to hydrolysis) is 1. The minimum absolute atomic E-state index is 0.0396. The van der Waals surface area contributed by atoms with E-state index in [4.69, 9.17) is 9.57 Å². The van der Waals surface area contributed by atoms with Gasteiger partial charge in [0.1, 0.15) is 5.60 Å². The average molecular weight is 497 g/mol. The van der Waals surface area contributed by atoms with Crippen LogP contribution in [0.1, 0.15) is 46.9 Å². The zero-order chi connectivity index (χ0) is 26.0. The van der Waals surface area contributed by atoms with Gasteiger partial charge in [-0.15, -0.1) is 0 Å². The van der Waals surface area contributed by atoms with Gasteiger partial charge in [-0.25, -0.2) is 4.79 Å². The molecule has 0 saturated carbocycles. The Hall–Kier alpha value is -3.64. The van der Waals surface area contributed by atoms with Gasteiger partial charge in [-0.1, -0.05) is 24.2 Å². The van der Waals surface area contributed by atoms with Gasteiger partial charge in [0.2, 0.25) is 11.9 Å². The highest BCUT2D eigenvalue weighted by Gasteiger charge is 2.38. The van der Waals surface area contributed by atoms with Crippen molar-refractivity contribution in [3.63, 3.8) is 0 Å². The average Bonchev–Trinajstić information content (AvgIpc) is 3.41. The molecule has 0 saturated heterocycles. The number of oxime groups is 1. The minimum Gasteiger partial charge on any atom is -0.444 e. The van der Waals surface area contributed by atoms with E-state index in [1.54, 1.807) is 20.8 Å². The fourth-order valence-electron chi connectivity index (χ4n) is 3.17. The molecular formula is C22H26F3N5O5. The first-order chi connectivity index (χ1) is 16.2. The number of ether oxygens (including phenoxy) is 1. The second-order valence-electron chi connectivity index (χ2n) is 9.24. The van der Waals surface area contributed by atoms with Crippen LogP contribution in [0.5, 0.6) is 0 Å². The molecule has 3 rings (SSSR count). The Bertz CT molecular complexity index is 1090. The van der Waals surface area contributed by atoms with E-state index in [1.807, 2.05) is 13.8 Å². The lowest BCUT2D eigenvalue weighted by molar-refractivity contribution is -0.159. The van der Waals surface area contributed by atoms with E-state index in [1.165, 1.54) is 24.3 Å². The van der Waals surface area contributed by atoms with E-state index in [0.717, 1.165) is 0 Å². The Morgan fingerprint density at radius 1 is 1.14 bits per heavy atom. The summed E-state index contributed by atoms with van der Waals surface area (Å²) in [6.45, 7) is 9.04. The number of benzene rings is 1. The monoisotopic (exact) mass is 497 g/mol. The molecule has 2 amide bonds. The Morgan fingerprint density at radius 2 is 1.80 bits per heavy atom. The van der Waals surface area contributed by atoms with Crippen LogP contribution in [0, 0.1) is 5.92 Å². The number of rotatable bonds is 6. The molecule has 0 radical (unpaired) electrons. The molecule has 2 N–H and O–H groups in total. The minimum atomic E-state index is -4.74. The predicted molar refractivity (Wildman–Crippen MR) is 118 cm³/mol. The Balaban J connectivity index is 1.58. The maximum absolute atomic E-state index is 12.6. The molecule has 0 fully saturated rings. The van der Waals surface area contributed by atoms with Crippen molar-refractivity contribution in [1.29, 1.82) is 0 Å². The lowest BCUT2D eigenvalue weighted by Crippen LogP contribution is -2.46. The third-order valence-corrected chi connectivity index (χ3v) is 4.76. The summed E-state index contributed by atoms with van der Waals surface area (Å²) in [6, 6.07) is 5.36. The fraction of sp³-hybridized carbons (Fsp3) is 0.500. The summed E-state index contributed by atoms with van der Waals surface area (Å²) in [6.07, 6.45) is -6.10. The number of anilines is 1. The SMILES string of the molecule is CC(C)C(NC(=O)OC(C)(C)C)C1=NOC(C(=O)Nc2ccc(-c3noc(C(F)(F)F)n3)cc2)C1. The number of hydrogen-bond donors (Lipinski definition) is 2. The third-order valence-electron chi connectivity index (χ3n) is 4.76.